The Morgan fingerprint density at radius 3 is 2.76 bits per heavy atom. The lowest BCUT2D eigenvalue weighted by molar-refractivity contribution is 0.105. The summed E-state index contributed by atoms with van der Waals surface area (Å²) < 4.78 is 12.0. The standard InChI is InChI=1S/C21H28N2O2/c1-16-8-4-5-9-19(16)24-13-7-6-12-23-15-21(2,3)25-20-11-10-17(22)14-18(20)23/h4-5,8-11,14H,6-7,12-13,15,22H2,1-3H3. The van der Waals surface area contributed by atoms with E-state index in [0.29, 0.717) is 0 Å². The smallest absolute Gasteiger partial charge is 0.143 e. The zero-order valence-corrected chi connectivity index (χ0v) is 15.4. The summed E-state index contributed by atoms with van der Waals surface area (Å²) in [7, 11) is 0. The van der Waals surface area contributed by atoms with Gasteiger partial charge in [-0.15, -0.1) is 0 Å². The third-order valence-corrected chi connectivity index (χ3v) is 4.46. The van der Waals surface area contributed by atoms with Gasteiger partial charge in [0.25, 0.3) is 0 Å². The summed E-state index contributed by atoms with van der Waals surface area (Å²) in [5.74, 6) is 1.90. The van der Waals surface area contributed by atoms with Crippen LogP contribution >= 0.6 is 0 Å². The second-order valence-electron chi connectivity index (χ2n) is 7.33. The summed E-state index contributed by atoms with van der Waals surface area (Å²) in [6.07, 6.45) is 2.08. The van der Waals surface area contributed by atoms with Crippen LogP contribution in [0.1, 0.15) is 32.3 Å². The van der Waals surface area contributed by atoms with Crippen LogP contribution in [0.25, 0.3) is 0 Å². The molecule has 0 saturated heterocycles. The molecule has 0 aliphatic carbocycles. The summed E-state index contributed by atoms with van der Waals surface area (Å²) in [5.41, 5.74) is 8.82. The third-order valence-electron chi connectivity index (χ3n) is 4.46. The Bertz CT molecular complexity index is 728. The predicted octanol–water partition coefficient (Wildman–Crippen LogP) is 4.41. The lowest BCUT2D eigenvalue weighted by atomic mass is 10.0. The van der Waals surface area contributed by atoms with Gasteiger partial charge < -0.3 is 20.1 Å². The van der Waals surface area contributed by atoms with Crippen molar-refractivity contribution in [2.45, 2.75) is 39.2 Å². The van der Waals surface area contributed by atoms with Crippen molar-refractivity contribution in [2.75, 3.05) is 30.3 Å². The highest BCUT2D eigenvalue weighted by Crippen LogP contribution is 2.38. The van der Waals surface area contributed by atoms with Crippen LogP contribution in [0.15, 0.2) is 42.5 Å². The van der Waals surface area contributed by atoms with Crippen LogP contribution in [-0.4, -0.2) is 25.3 Å². The molecular weight excluding hydrogens is 312 g/mol. The van der Waals surface area contributed by atoms with Crippen LogP contribution in [0.5, 0.6) is 11.5 Å². The van der Waals surface area contributed by atoms with E-state index in [1.165, 1.54) is 5.56 Å². The van der Waals surface area contributed by atoms with Crippen molar-refractivity contribution in [3.63, 3.8) is 0 Å². The maximum atomic E-state index is 6.08. The molecule has 3 rings (SSSR count). The van der Waals surface area contributed by atoms with Gasteiger partial charge in [-0.2, -0.15) is 0 Å². The second kappa shape index (κ2) is 7.26. The van der Waals surface area contributed by atoms with Gasteiger partial charge in [-0.3, -0.25) is 0 Å². The third kappa shape index (κ3) is 4.38. The molecular formula is C21H28N2O2. The largest absolute Gasteiger partial charge is 0.493 e. The Kier molecular flexibility index (Phi) is 5.07. The van der Waals surface area contributed by atoms with E-state index in [4.69, 9.17) is 15.2 Å². The number of aryl methyl sites for hydroxylation is 1. The van der Waals surface area contributed by atoms with Gasteiger partial charge in [0, 0.05) is 12.2 Å². The first-order valence-electron chi connectivity index (χ1n) is 8.96. The van der Waals surface area contributed by atoms with Gasteiger partial charge >= 0.3 is 0 Å². The van der Waals surface area contributed by atoms with Gasteiger partial charge in [-0.05, 0) is 63.4 Å². The fourth-order valence-corrected chi connectivity index (χ4v) is 3.25. The summed E-state index contributed by atoms with van der Waals surface area (Å²) in [4.78, 5) is 2.38. The molecule has 2 aromatic carbocycles. The van der Waals surface area contributed by atoms with Crippen molar-refractivity contribution < 1.29 is 9.47 Å². The SMILES string of the molecule is Cc1ccccc1OCCCCN1CC(C)(C)Oc2ccc(N)cc21. The van der Waals surface area contributed by atoms with E-state index in [2.05, 4.69) is 31.7 Å². The van der Waals surface area contributed by atoms with E-state index in [0.717, 1.165) is 55.4 Å². The molecule has 1 aliphatic rings. The van der Waals surface area contributed by atoms with Crippen LogP contribution in [-0.2, 0) is 0 Å². The molecule has 134 valence electrons. The number of para-hydroxylation sites is 1. The Labute approximate surface area is 150 Å². The maximum absolute atomic E-state index is 6.08. The molecule has 0 bridgehead atoms. The van der Waals surface area contributed by atoms with E-state index in [-0.39, 0.29) is 5.60 Å². The maximum Gasteiger partial charge on any atom is 0.143 e. The lowest BCUT2D eigenvalue weighted by Gasteiger charge is -2.41. The van der Waals surface area contributed by atoms with E-state index >= 15 is 0 Å². The number of nitrogens with zero attached hydrogens (tertiary/aromatic N) is 1. The molecule has 0 saturated carbocycles. The molecule has 25 heavy (non-hydrogen) atoms. The van der Waals surface area contributed by atoms with Crippen molar-refractivity contribution >= 4 is 11.4 Å². The molecule has 2 N–H and O–H groups in total. The number of benzene rings is 2. The first kappa shape index (κ1) is 17.5. The molecule has 0 aromatic heterocycles. The average Bonchev–Trinajstić information content (AvgIpc) is 2.56. The van der Waals surface area contributed by atoms with E-state index < -0.39 is 0 Å². The number of rotatable bonds is 6. The highest BCUT2D eigenvalue weighted by molar-refractivity contribution is 5.66. The van der Waals surface area contributed by atoms with E-state index in [9.17, 15) is 0 Å². The Hall–Kier alpha value is -2.36. The molecule has 0 spiro atoms. The second-order valence-corrected chi connectivity index (χ2v) is 7.33. The Morgan fingerprint density at radius 2 is 1.96 bits per heavy atom. The fraction of sp³-hybridized carbons (Fsp3) is 0.429. The predicted molar refractivity (Wildman–Crippen MR) is 104 cm³/mol. The van der Waals surface area contributed by atoms with Gasteiger partial charge in [-0.1, -0.05) is 18.2 Å². The van der Waals surface area contributed by atoms with Crippen LogP contribution in [0.4, 0.5) is 11.4 Å². The minimum atomic E-state index is -0.194. The van der Waals surface area contributed by atoms with Crippen molar-refractivity contribution in [3.8, 4) is 11.5 Å². The lowest BCUT2D eigenvalue weighted by Crippen LogP contribution is -2.47. The first-order chi connectivity index (χ1) is 11.9. The van der Waals surface area contributed by atoms with Crippen LogP contribution in [0.2, 0.25) is 0 Å². The molecule has 0 radical (unpaired) electrons. The molecule has 0 atom stereocenters. The monoisotopic (exact) mass is 340 g/mol. The molecule has 1 heterocycles. The number of anilines is 2. The molecule has 2 aromatic rings. The zero-order valence-electron chi connectivity index (χ0n) is 15.4. The number of ether oxygens (including phenoxy) is 2. The number of hydrogen-bond donors (Lipinski definition) is 1. The van der Waals surface area contributed by atoms with Crippen LogP contribution < -0.4 is 20.1 Å². The average molecular weight is 340 g/mol. The van der Waals surface area contributed by atoms with Gasteiger partial charge in [0.15, 0.2) is 0 Å². The summed E-state index contributed by atoms with van der Waals surface area (Å²) >= 11 is 0. The highest BCUT2D eigenvalue weighted by atomic mass is 16.5. The fourth-order valence-electron chi connectivity index (χ4n) is 3.25. The molecule has 0 unspecified atom stereocenters. The number of unbranched alkanes of at least 4 members (excludes halogenated alkanes) is 1. The number of hydrogen-bond acceptors (Lipinski definition) is 4. The Balaban J connectivity index is 1.54. The number of nitrogens with two attached hydrogens (primary N) is 1. The van der Waals surface area contributed by atoms with E-state index in [1.54, 1.807) is 0 Å². The number of nitrogen functional groups attached to an aromatic ring is 1. The minimum absolute atomic E-state index is 0.194. The molecule has 0 amide bonds. The molecule has 4 nitrogen and oxygen atoms in total. The zero-order chi connectivity index (χ0) is 17.9. The summed E-state index contributed by atoms with van der Waals surface area (Å²) in [6.45, 7) is 8.90. The van der Waals surface area contributed by atoms with Gasteiger partial charge in [0.05, 0.1) is 18.8 Å². The summed E-state index contributed by atoms with van der Waals surface area (Å²) in [6, 6.07) is 14.0. The van der Waals surface area contributed by atoms with Gasteiger partial charge in [-0.25, -0.2) is 0 Å². The topological polar surface area (TPSA) is 47.7 Å². The van der Waals surface area contributed by atoms with E-state index in [1.807, 2.05) is 36.4 Å². The molecule has 4 heteroatoms. The highest BCUT2D eigenvalue weighted by Gasteiger charge is 2.31. The quantitative estimate of drug-likeness (QED) is 0.625. The van der Waals surface area contributed by atoms with Crippen molar-refractivity contribution in [3.05, 3.63) is 48.0 Å². The minimum Gasteiger partial charge on any atom is -0.493 e. The van der Waals surface area contributed by atoms with Crippen LogP contribution in [0.3, 0.4) is 0 Å². The summed E-state index contributed by atoms with van der Waals surface area (Å²) in [5, 5.41) is 0. The van der Waals surface area contributed by atoms with Crippen molar-refractivity contribution in [1.82, 2.24) is 0 Å². The molecule has 0 fully saturated rings. The van der Waals surface area contributed by atoms with Crippen LogP contribution in [0, 0.1) is 6.92 Å². The number of fused-ring (bicyclic) bond motifs is 1. The first-order valence-corrected chi connectivity index (χ1v) is 8.96. The Morgan fingerprint density at radius 1 is 1.16 bits per heavy atom. The normalized spacial score (nSPS) is 15.4. The van der Waals surface area contributed by atoms with Crippen molar-refractivity contribution in [2.24, 2.45) is 0 Å². The molecule has 1 aliphatic heterocycles. The van der Waals surface area contributed by atoms with Gasteiger partial charge in [0.2, 0.25) is 0 Å². The van der Waals surface area contributed by atoms with Gasteiger partial charge in [0.1, 0.15) is 17.1 Å². The van der Waals surface area contributed by atoms with Crippen molar-refractivity contribution in [1.29, 1.82) is 0 Å².